The Kier molecular flexibility index (Phi) is 5.92. The van der Waals surface area contributed by atoms with Crippen LogP contribution < -0.4 is 9.46 Å². The first kappa shape index (κ1) is 20.6. The highest BCUT2D eigenvalue weighted by Gasteiger charge is 2.20. The molecule has 1 aliphatic rings. The molecule has 1 fully saturated rings. The molecule has 1 aliphatic heterocycles. The number of aryl methyl sites for hydroxylation is 1. The molecule has 1 unspecified atom stereocenters. The van der Waals surface area contributed by atoms with Crippen LogP contribution >= 0.6 is 0 Å². The molecule has 152 valence electrons. The summed E-state index contributed by atoms with van der Waals surface area (Å²) in [5.74, 6) is 0.525. The molecule has 7 nitrogen and oxygen atoms in total. The second kappa shape index (κ2) is 8.06. The molecule has 1 saturated heterocycles. The SMILES string of the molecule is Cc1cc(OCC2CCCO2)ccc1S(=O)(=O)Nc1cccc(S(=O)(=O)F)c1. The van der Waals surface area contributed by atoms with E-state index in [1.54, 1.807) is 19.1 Å². The van der Waals surface area contributed by atoms with Crippen LogP contribution in [0.3, 0.4) is 0 Å². The maximum Gasteiger partial charge on any atom is 0.332 e. The van der Waals surface area contributed by atoms with Crippen molar-refractivity contribution in [2.45, 2.75) is 35.7 Å². The second-order valence-electron chi connectivity index (χ2n) is 6.44. The van der Waals surface area contributed by atoms with Crippen molar-refractivity contribution >= 4 is 25.9 Å². The average Bonchev–Trinajstić information content (AvgIpc) is 3.12. The molecule has 0 amide bonds. The van der Waals surface area contributed by atoms with E-state index in [0.717, 1.165) is 31.6 Å². The van der Waals surface area contributed by atoms with Gasteiger partial charge in [0.05, 0.1) is 16.7 Å². The lowest BCUT2D eigenvalue weighted by Gasteiger charge is -2.14. The molecule has 10 heteroatoms. The van der Waals surface area contributed by atoms with E-state index in [1.165, 1.54) is 18.2 Å². The molecule has 1 N–H and O–H groups in total. The molecule has 3 rings (SSSR count). The van der Waals surface area contributed by atoms with E-state index in [9.17, 15) is 20.7 Å². The summed E-state index contributed by atoms with van der Waals surface area (Å²) in [7, 11) is -8.94. The van der Waals surface area contributed by atoms with E-state index in [4.69, 9.17) is 9.47 Å². The number of ether oxygens (including phenoxy) is 2. The Morgan fingerprint density at radius 3 is 2.61 bits per heavy atom. The lowest BCUT2D eigenvalue weighted by atomic mass is 10.2. The maximum absolute atomic E-state index is 13.1. The number of sulfonamides is 1. The van der Waals surface area contributed by atoms with E-state index >= 15 is 0 Å². The molecule has 1 heterocycles. The largest absolute Gasteiger partial charge is 0.491 e. The molecular weight excluding hydrogens is 409 g/mol. The molecular formula is C18H20FNO6S2. The highest BCUT2D eigenvalue weighted by Crippen LogP contribution is 2.25. The van der Waals surface area contributed by atoms with Crippen LogP contribution in [0, 0.1) is 6.92 Å². The van der Waals surface area contributed by atoms with Crippen molar-refractivity contribution in [2.75, 3.05) is 17.9 Å². The van der Waals surface area contributed by atoms with Gasteiger partial charge in [0.1, 0.15) is 17.3 Å². The number of benzene rings is 2. The van der Waals surface area contributed by atoms with Crippen LogP contribution in [0.25, 0.3) is 0 Å². The topological polar surface area (TPSA) is 98.8 Å². The zero-order valence-electron chi connectivity index (χ0n) is 15.1. The zero-order chi connectivity index (χ0) is 20.4. The summed E-state index contributed by atoms with van der Waals surface area (Å²) in [5, 5.41) is 0. The minimum Gasteiger partial charge on any atom is -0.491 e. The van der Waals surface area contributed by atoms with Crippen molar-refractivity contribution in [3.05, 3.63) is 48.0 Å². The monoisotopic (exact) mass is 429 g/mol. The summed E-state index contributed by atoms with van der Waals surface area (Å²) >= 11 is 0. The quantitative estimate of drug-likeness (QED) is 0.680. The summed E-state index contributed by atoms with van der Waals surface area (Å²) in [5.41, 5.74) is 0.392. The Hall–Kier alpha value is -2.17. The van der Waals surface area contributed by atoms with Gasteiger partial charge in [0, 0.05) is 6.61 Å². The first-order chi connectivity index (χ1) is 13.1. The Morgan fingerprint density at radius 2 is 1.96 bits per heavy atom. The molecule has 28 heavy (non-hydrogen) atoms. The van der Waals surface area contributed by atoms with Gasteiger partial charge in [0.15, 0.2) is 0 Å². The van der Waals surface area contributed by atoms with Crippen LogP contribution in [0.15, 0.2) is 52.3 Å². The number of hydrogen-bond donors (Lipinski definition) is 1. The van der Waals surface area contributed by atoms with Crippen LogP contribution in [0.2, 0.25) is 0 Å². The van der Waals surface area contributed by atoms with Crippen molar-refractivity contribution in [1.29, 1.82) is 0 Å². The van der Waals surface area contributed by atoms with Gasteiger partial charge in [-0.25, -0.2) is 8.42 Å². The summed E-state index contributed by atoms with van der Waals surface area (Å²) in [6.45, 7) is 2.74. The predicted octanol–water partition coefficient (Wildman–Crippen LogP) is 3.01. The van der Waals surface area contributed by atoms with Gasteiger partial charge in [-0.05, 0) is 61.7 Å². The van der Waals surface area contributed by atoms with Crippen molar-refractivity contribution in [2.24, 2.45) is 0 Å². The van der Waals surface area contributed by atoms with Gasteiger partial charge in [-0.15, -0.1) is 3.89 Å². The van der Waals surface area contributed by atoms with Crippen molar-refractivity contribution in [3.8, 4) is 5.75 Å². The van der Waals surface area contributed by atoms with Gasteiger partial charge in [-0.2, -0.15) is 8.42 Å². The average molecular weight is 429 g/mol. The number of nitrogens with one attached hydrogen (secondary N) is 1. The molecule has 1 atom stereocenters. The molecule has 2 aromatic rings. The number of hydrogen-bond acceptors (Lipinski definition) is 6. The summed E-state index contributed by atoms with van der Waals surface area (Å²) in [6.07, 6.45) is 1.98. The normalized spacial score (nSPS) is 17.4. The van der Waals surface area contributed by atoms with Gasteiger partial charge in [-0.3, -0.25) is 4.72 Å². The zero-order valence-corrected chi connectivity index (χ0v) is 16.7. The number of rotatable bonds is 7. The first-order valence-corrected chi connectivity index (χ1v) is 11.4. The van der Waals surface area contributed by atoms with Gasteiger partial charge >= 0.3 is 10.2 Å². The highest BCUT2D eigenvalue weighted by atomic mass is 32.3. The molecule has 2 aromatic carbocycles. The number of halogens is 1. The Bertz CT molecular complexity index is 1060. The molecule has 0 bridgehead atoms. The van der Waals surface area contributed by atoms with Crippen LogP contribution in [0.1, 0.15) is 18.4 Å². The van der Waals surface area contributed by atoms with Crippen molar-refractivity contribution < 1.29 is 30.2 Å². The fourth-order valence-electron chi connectivity index (χ4n) is 2.90. The van der Waals surface area contributed by atoms with E-state index < -0.39 is 25.1 Å². The Morgan fingerprint density at radius 1 is 1.18 bits per heavy atom. The predicted molar refractivity (Wildman–Crippen MR) is 101 cm³/mol. The number of anilines is 1. The van der Waals surface area contributed by atoms with Gasteiger partial charge < -0.3 is 9.47 Å². The minimum atomic E-state index is -4.93. The van der Waals surface area contributed by atoms with E-state index in [2.05, 4.69) is 4.72 Å². The van der Waals surface area contributed by atoms with E-state index in [-0.39, 0.29) is 16.7 Å². The van der Waals surface area contributed by atoms with Crippen LogP contribution in [0.5, 0.6) is 5.75 Å². The maximum atomic E-state index is 13.1. The standard InChI is InChI=1S/C18H20FNO6S2/c1-13-10-15(26-12-16-5-3-9-25-16)7-8-18(13)28(23,24)20-14-4-2-6-17(11-14)27(19,21)22/h2,4,6-8,10-11,16,20H,3,5,9,12H2,1H3. The lowest BCUT2D eigenvalue weighted by Crippen LogP contribution is -2.17. The fraction of sp³-hybridized carbons (Fsp3) is 0.333. The molecule has 0 aromatic heterocycles. The smallest absolute Gasteiger partial charge is 0.332 e. The molecule has 0 aliphatic carbocycles. The summed E-state index contributed by atoms with van der Waals surface area (Å²) in [4.78, 5) is -0.618. The van der Waals surface area contributed by atoms with Gasteiger partial charge in [-0.1, -0.05) is 6.07 Å². The van der Waals surface area contributed by atoms with Crippen LogP contribution in [-0.4, -0.2) is 36.2 Å². The highest BCUT2D eigenvalue weighted by molar-refractivity contribution is 7.92. The third-order valence-corrected chi connectivity index (χ3v) is 6.62. The first-order valence-electron chi connectivity index (χ1n) is 8.58. The molecule has 0 radical (unpaired) electrons. The summed E-state index contributed by atoms with van der Waals surface area (Å²) in [6, 6.07) is 9.09. The van der Waals surface area contributed by atoms with Gasteiger partial charge in [0.2, 0.25) is 0 Å². The third-order valence-electron chi connectivity index (χ3n) is 4.26. The third kappa shape index (κ3) is 5.00. The van der Waals surface area contributed by atoms with E-state index in [1.807, 2.05) is 0 Å². The fourth-order valence-corrected chi connectivity index (χ4v) is 4.69. The lowest BCUT2D eigenvalue weighted by molar-refractivity contribution is 0.0679. The van der Waals surface area contributed by atoms with Crippen LogP contribution in [-0.2, 0) is 25.0 Å². The summed E-state index contributed by atoms with van der Waals surface area (Å²) < 4.78 is 73.8. The molecule has 0 saturated carbocycles. The minimum absolute atomic E-state index is 0.00507. The molecule has 0 spiro atoms. The van der Waals surface area contributed by atoms with Crippen LogP contribution in [0.4, 0.5) is 9.57 Å². The Balaban J connectivity index is 1.76. The van der Waals surface area contributed by atoms with Crippen molar-refractivity contribution in [3.63, 3.8) is 0 Å². The van der Waals surface area contributed by atoms with E-state index in [0.29, 0.717) is 17.9 Å². The van der Waals surface area contributed by atoms with Gasteiger partial charge in [0.25, 0.3) is 10.0 Å². The Labute approximate surface area is 163 Å². The van der Waals surface area contributed by atoms with Crippen molar-refractivity contribution in [1.82, 2.24) is 0 Å². The second-order valence-corrected chi connectivity index (χ2v) is 9.44.